The molecule has 1 saturated heterocycles. The van der Waals surface area contributed by atoms with E-state index in [2.05, 4.69) is 15.3 Å². The van der Waals surface area contributed by atoms with Gasteiger partial charge in [0, 0.05) is 35.9 Å². The number of hydrogen-bond donors (Lipinski definition) is 1. The molecule has 2 aliphatic heterocycles. The van der Waals surface area contributed by atoms with E-state index in [9.17, 15) is 0 Å². The zero-order chi connectivity index (χ0) is 17.5. The highest BCUT2D eigenvalue weighted by Gasteiger charge is 2.24. The number of benzene rings is 1. The largest absolute Gasteiger partial charge is 0.492 e. The monoisotopic (exact) mass is 369 g/mol. The van der Waals surface area contributed by atoms with Crippen molar-refractivity contribution in [1.82, 2.24) is 19.5 Å². The third-order valence-corrected chi connectivity index (χ3v) is 5.43. The van der Waals surface area contributed by atoms with Gasteiger partial charge in [0.15, 0.2) is 5.65 Å². The molecule has 0 spiro atoms. The fourth-order valence-corrected chi connectivity index (χ4v) is 4.12. The lowest BCUT2D eigenvalue weighted by Gasteiger charge is -2.25. The Morgan fingerprint density at radius 3 is 3.15 bits per heavy atom. The lowest BCUT2D eigenvalue weighted by atomic mass is 10.1. The van der Waals surface area contributed by atoms with Crippen LogP contribution in [0.25, 0.3) is 16.8 Å². The molecule has 1 aromatic carbocycles. The molecule has 7 heteroatoms. The molecule has 2 aliphatic rings. The lowest BCUT2D eigenvalue weighted by molar-refractivity contribution is 0.201. The summed E-state index contributed by atoms with van der Waals surface area (Å²) >= 11 is 6.34. The van der Waals surface area contributed by atoms with Crippen LogP contribution in [-0.4, -0.2) is 51.8 Å². The molecule has 1 atom stereocenters. The maximum Gasteiger partial charge on any atom is 0.165 e. The standard InChI is InChI=1S/C19H20ClN5O/c20-14-8-13-9-16(10-14)26-7-6-24-4-1-2-15(24)11-21-18-3-5-25-19(23-18)17(13)12-22-25/h3,5,8-10,12,15H,1-2,4,6-7,11H2,(H,21,23)/t15-/m0/s1. The smallest absolute Gasteiger partial charge is 0.165 e. The van der Waals surface area contributed by atoms with Gasteiger partial charge in [0.25, 0.3) is 0 Å². The molecule has 0 amide bonds. The van der Waals surface area contributed by atoms with E-state index in [1.54, 1.807) is 4.52 Å². The van der Waals surface area contributed by atoms with Gasteiger partial charge in [-0.15, -0.1) is 0 Å². The van der Waals surface area contributed by atoms with Crippen LogP contribution in [0.5, 0.6) is 5.75 Å². The van der Waals surface area contributed by atoms with E-state index in [1.165, 1.54) is 12.8 Å². The topological polar surface area (TPSA) is 54.7 Å². The van der Waals surface area contributed by atoms with E-state index in [1.807, 2.05) is 36.7 Å². The summed E-state index contributed by atoms with van der Waals surface area (Å²) in [7, 11) is 0. The first-order chi connectivity index (χ1) is 12.8. The Bertz CT molecular complexity index is 956. The summed E-state index contributed by atoms with van der Waals surface area (Å²) in [5.41, 5.74) is 2.72. The molecule has 1 N–H and O–H groups in total. The Kier molecular flexibility index (Phi) is 3.94. The number of halogens is 1. The fourth-order valence-electron chi connectivity index (χ4n) is 3.90. The molecule has 26 heavy (non-hydrogen) atoms. The Balaban J connectivity index is 1.61. The second kappa shape index (κ2) is 6.45. The van der Waals surface area contributed by atoms with Gasteiger partial charge in [-0.05, 0) is 49.2 Å². The molecular weight excluding hydrogens is 350 g/mol. The average molecular weight is 370 g/mol. The molecule has 5 rings (SSSR count). The SMILES string of the molecule is Clc1cc2cc(c1)-c1cnn3ccc(nc13)NC[C@@H]1CCCN1CCO2. The van der Waals surface area contributed by atoms with Crippen LogP contribution in [0.2, 0.25) is 5.02 Å². The van der Waals surface area contributed by atoms with Gasteiger partial charge in [0.1, 0.15) is 18.2 Å². The van der Waals surface area contributed by atoms with E-state index in [4.69, 9.17) is 21.3 Å². The maximum atomic E-state index is 6.34. The van der Waals surface area contributed by atoms with Crippen molar-refractivity contribution in [3.05, 3.63) is 41.7 Å². The van der Waals surface area contributed by atoms with Gasteiger partial charge in [-0.3, -0.25) is 4.90 Å². The van der Waals surface area contributed by atoms with Crippen molar-refractivity contribution in [2.45, 2.75) is 18.9 Å². The third kappa shape index (κ3) is 2.89. The first kappa shape index (κ1) is 15.9. The van der Waals surface area contributed by atoms with Crippen molar-refractivity contribution in [1.29, 1.82) is 0 Å². The molecule has 4 bridgehead atoms. The first-order valence-electron chi connectivity index (χ1n) is 9.02. The minimum absolute atomic E-state index is 0.513. The molecular formula is C19H20ClN5O. The van der Waals surface area contributed by atoms with E-state index in [0.717, 1.165) is 48.0 Å². The van der Waals surface area contributed by atoms with Crippen LogP contribution in [0.3, 0.4) is 0 Å². The second-order valence-corrected chi connectivity index (χ2v) is 7.31. The van der Waals surface area contributed by atoms with Crippen molar-refractivity contribution in [2.75, 3.05) is 31.6 Å². The van der Waals surface area contributed by atoms with Crippen LogP contribution < -0.4 is 10.1 Å². The Labute approximate surface area is 156 Å². The summed E-state index contributed by atoms with van der Waals surface area (Å²) in [5, 5.41) is 8.57. The van der Waals surface area contributed by atoms with E-state index in [-0.39, 0.29) is 0 Å². The number of anilines is 1. The Hall–Kier alpha value is -2.31. The number of nitrogens with zero attached hydrogens (tertiary/aromatic N) is 4. The van der Waals surface area contributed by atoms with Crippen LogP contribution in [-0.2, 0) is 0 Å². The zero-order valence-corrected chi connectivity index (χ0v) is 15.1. The average Bonchev–Trinajstić information content (AvgIpc) is 3.25. The minimum Gasteiger partial charge on any atom is -0.492 e. The Morgan fingerprint density at radius 2 is 2.19 bits per heavy atom. The minimum atomic E-state index is 0.513. The molecule has 4 heterocycles. The van der Waals surface area contributed by atoms with Crippen molar-refractivity contribution in [2.24, 2.45) is 0 Å². The van der Waals surface area contributed by atoms with Gasteiger partial charge < -0.3 is 10.1 Å². The summed E-state index contributed by atoms with van der Waals surface area (Å²) in [6.45, 7) is 3.59. The van der Waals surface area contributed by atoms with Crippen LogP contribution in [0.15, 0.2) is 36.7 Å². The summed E-state index contributed by atoms with van der Waals surface area (Å²) < 4.78 is 7.80. The van der Waals surface area contributed by atoms with Gasteiger partial charge in [-0.2, -0.15) is 5.10 Å². The van der Waals surface area contributed by atoms with Crippen LogP contribution in [0.4, 0.5) is 5.82 Å². The number of hydrogen-bond acceptors (Lipinski definition) is 5. The summed E-state index contributed by atoms with van der Waals surface area (Å²) in [5.74, 6) is 1.66. The second-order valence-electron chi connectivity index (χ2n) is 6.88. The van der Waals surface area contributed by atoms with E-state index in [0.29, 0.717) is 17.7 Å². The summed E-state index contributed by atoms with van der Waals surface area (Å²) in [4.78, 5) is 7.28. The molecule has 0 radical (unpaired) electrons. The number of aromatic nitrogens is 3. The van der Waals surface area contributed by atoms with Crippen LogP contribution in [0, 0.1) is 0 Å². The zero-order valence-electron chi connectivity index (χ0n) is 14.4. The van der Waals surface area contributed by atoms with Crippen molar-refractivity contribution in [3.8, 4) is 16.9 Å². The van der Waals surface area contributed by atoms with Crippen molar-refractivity contribution < 1.29 is 4.74 Å². The normalized spacial score (nSPS) is 20.4. The van der Waals surface area contributed by atoms with Gasteiger partial charge in [0.05, 0.1) is 6.20 Å². The third-order valence-electron chi connectivity index (χ3n) is 5.22. The van der Waals surface area contributed by atoms with E-state index < -0.39 is 0 Å². The maximum absolute atomic E-state index is 6.34. The molecule has 1 fully saturated rings. The molecule has 3 aromatic rings. The Morgan fingerprint density at radius 1 is 1.23 bits per heavy atom. The predicted octanol–water partition coefficient (Wildman–Crippen LogP) is 3.32. The molecule has 134 valence electrons. The van der Waals surface area contributed by atoms with Gasteiger partial charge >= 0.3 is 0 Å². The number of ether oxygens (including phenoxy) is 1. The number of fused-ring (bicyclic) bond motifs is 5. The van der Waals surface area contributed by atoms with Crippen molar-refractivity contribution >= 4 is 23.1 Å². The molecule has 6 nitrogen and oxygen atoms in total. The van der Waals surface area contributed by atoms with Gasteiger partial charge in [0.2, 0.25) is 0 Å². The van der Waals surface area contributed by atoms with Crippen LogP contribution in [0.1, 0.15) is 12.8 Å². The first-order valence-corrected chi connectivity index (χ1v) is 9.40. The van der Waals surface area contributed by atoms with Gasteiger partial charge in [-0.1, -0.05) is 11.6 Å². The highest BCUT2D eigenvalue weighted by atomic mass is 35.5. The quantitative estimate of drug-likeness (QED) is 0.658. The number of rotatable bonds is 0. The van der Waals surface area contributed by atoms with Crippen molar-refractivity contribution in [3.63, 3.8) is 0 Å². The summed E-state index contributed by atoms with van der Waals surface area (Å²) in [6, 6.07) is 8.29. The van der Waals surface area contributed by atoms with E-state index >= 15 is 0 Å². The molecule has 0 aliphatic carbocycles. The summed E-state index contributed by atoms with van der Waals surface area (Å²) in [6.07, 6.45) is 6.20. The van der Waals surface area contributed by atoms with Crippen LogP contribution >= 0.6 is 11.6 Å². The highest BCUT2D eigenvalue weighted by molar-refractivity contribution is 6.31. The number of nitrogens with one attached hydrogen (secondary N) is 1. The highest BCUT2D eigenvalue weighted by Crippen LogP contribution is 2.31. The predicted molar refractivity (Wildman–Crippen MR) is 102 cm³/mol. The molecule has 2 aromatic heterocycles. The molecule has 0 saturated carbocycles. The fraction of sp³-hybridized carbons (Fsp3) is 0.368. The molecule has 0 unspecified atom stereocenters. The van der Waals surface area contributed by atoms with Gasteiger partial charge in [-0.25, -0.2) is 9.50 Å². The lowest BCUT2D eigenvalue weighted by Crippen LogP contribution is -2.37.